The molecule has 5 rings (SSSR count). The summed E-state index contributed by atoms with van der Waals surface area (Å²) in [5, 5.41) is 24.5. The maximum Gasteiger partial charge on any atom is 0.319 e. The van der Waals surface area contributed by atoms with E-state index in [1.54, 1.807) is 23.1 Å². The van der Waals surface area contributed by atoms with Crippen molar-refractivity contribution in [3.05, 3.63) is 106 Å². The van der Waals surface area contributed by atoms with Crippen LogP contribution in [0, 0.1) is 6.92 Å². The molecular weight excluding hydrogens is 532 g/mol. The zero-order valence-corrected chi connectivity index (χ0v) is 23.1. The number of carbonyl (C=O) groups is 1. The molecule has 0 bridgehead atoms. The Labute approximate surface area is 235 Å². The third-order valence-electron chi connectivity index (χ3n) is 6.23. The standard InChI is InChI=1S/C29H30N4O4S2/c1-19-32-33-29(39-19)38-18-25-15-26(22-12-10-21(17-34)11-13-22)37-27(36-25)23-8-5-9-24(14-23)31-28(35)30-16-20-6-3-2-4-7-20/h2-14,25-27,34H,15-18H2,1H3,(H2,30,31,35). The Bertz CT molecular complexity index is 1370. The number of rotatable bonds is 9. The lowest BCUT2D eigenvalue weighted by atomic mass is 10.0. The fraction of sp³-hybridized carbons (Fsp3) is 0.276. The van der Waals surface area contributed by atoms with Crippen molar-refractivity contribution in [3.63, 3.8) is 0 Å². The number of aromatic nitrogens is 2. The molecular formula is C29H30N4O4S2. The first-order chi connectivity index (χ1) is 19.1. The molecule has 0 radical (unpaired) electrons. The van der Waals surface area contributed by atoms with Gasteiger partial charge in [-0.05, 0) is 35.7 Å². The van der Waals surface area contributed by atoms with Gasteiger partial charge in [0.1, 0.15) is 5.01 Å². The minimum Gasteiger partial charge on any atom is -0.392 e. The molecule has 2 heterocycles. The van der Waals surface area contributed by atoms with Gasteiger partial charge in [-0.15, -0.1) is 10.2 Å². The number of aryl methyl sites for hydroxylation is 1. The molecule has 1 fully saturated rings. The molecule has 8 nitrogen and oxygen atoms in total. The normalized spacial score (nSPS) is 19.0. The highest BCUT2D eigenvalue weighted by molar-refractivity contribution is 8.01. The van der Waals surface area contributed by atoms with E-state index in [-0.39, 0.29) is 24.8 Å². The first-order valence-electron chi connectivity index (χ1n) is 12.7. The van der Waals surface area contributed by atoms with E-state index < -0.39 is 6.29 Å². The van der Waals surface area contributed by atoms with Crippen LogP contribution in [0.3, 0.4) is 0 Å². The lowest BCUT2D eigenvalue weighted by Gasteiger charge is -2.36. The van der Waals surface area contributed by atoms with Crippen LogP contribution in [0.5, 0.6) is 0 Å². The van der Waals surface area contributed by atoms with Gasteiger partial charge in [-0.25, -0.2) is 4.79 Å². The number of hydrogen-bond acceptors (Lipinski definition) is 8. The minimum atomic E-state index is -0.614. The van der Waals surface area contributed by atoms with Gasteiger partial charge in [0.15, 0.2) is 10.6 Å². The third-order valence-corrected chi connectivity index (χ3v) is 8.33. The Morgan fingerprint density at radius 1 is 1.00 bits per heavy atom. The molecule has 3 atom stereocenters. The summed E-state index contributed by atoms with van der Waals surface area (Å²) < 4.78 is 13.8. The number of nitrogens with one attached hydrogen (secondary N) is 2. The number of benzene rings is 3. The van der Waals surface area contributed by atoms with E-state index in [4.69, 9.17) is 9.47 Å². The van der Waals surface area contributed by atoms with Crippen LogP contribution in [0.25, 0.3) is 0 Å². The molecule has 4 aromatic rings. The molecule has 3 unspecified atom stereocenters. The summed E-state index contributed by atoms with van der Waals surface area (Å²) in [5.41, 5.74) is 4.36. The fourth-order valence-corrected chi connectivity index (χ4v) is 6.10. The summed E-state index contributed by atoms with van der Waals surface area (Å²) in [5.74, 6) is 0.708. The first-order valence-corrected chi connectivity index (χ1v) is 14.5. The Morgan fingerprint density at radius 2 is 1.82 bits per heavy atom. The van der Waals surface area contributed by atoms with Gasteiger partial charge in [0.25, 0.3) is 0 Å². The van der Waals surface area contributed by atoms with E-state index >= 15 is 0 Å². The molecule has 0 saturated carbocycles. The number of amides is 2. The average Bonchev–Trinajstić information content (AvgIpc) is 3.40. The van der Waals surface area contributed by atoms with Crippen molar-refractivity contribution in [1.82, 2.24) is 15.5 Å². The Hall–Kier alpha value is -3.28. The average molecular weight is 563 g/mol. The van der Waals surface area contributed by atoms with Gasteiger partial charge >= 0.3 is 6.03 Å². The molecule has 10 heteroatoms. The number of aliphatic hydroxyl groups is 1. The maximum absolute atomic E-state index is 12.5. The fourth-order valence-electron chi connectivity index (χ4n) is 4.24. The van der Waals surface area contributed by atoms with Crippen molar-refractivity contribution in [3.8, 4) is 0 Å². The van der Waals surface area contributed by atoms with Gasteiger partial charge in [0, 0.05) is 30.0 Å². The van der Waals surface area contributed by atoms with E-state index in [1.165, 1.54) is 0 Å². The number of aliphatic hydroxyl groups excluding tert-OH is 1. The SMILES string of the molecule is Cc1nnc(SCC2CC(c3ccc(CO)cc3)OC(c3cccc(NC(=O)NCc4ccccc4)c3)O2)s1. The van der Waals surface area contributed by atoms with Crippen LogP contribution in [0.4, 0.5) is 10.5 Å². The number of thioether (sulfide) groups is 1. The lowest BCUT2D eigenvalue weighted by Crippen LogP contribution is -2.31. The zero-order valence-electron chi connectivity index (χ0n) is 21.4. The molecule has 1 aliphatic rings. The minimum absolute atomic E-state index is 0.00319. The number of anilines is 1. The van der Waals surface area contributed by atoms with Crippen LogP contribution in [0.15, 0.2) is 83.2 Å². The van der Waals surface area contributed by atoms with Crippen LogP contribution in [-0.2, 0) is 22.6 Å². The zero-order chi connectivity index (χ0) is 27.0. The number of hydrogen-bond donors (Lipinski definition) is 3. The van der Waals surface area contributed by atoms with Crippen LogP contribution in [-0.4, -0.2) is 33.2 Å². The number of urea groups is 1. The molecule has 0 spiro atoms. The van der Waals surface area contributed by atoms with Crippen molar-refractivity contribution in [2.75, 3.05) is 11.1 Å². The lowest BCUT2D eigenvalue weighted by molar-refractivity contribution is -0.245. The first kappa shape index (κ1) is 27.3. The van der Waals surface area contributed by atoms with Crippen molar-refractivity contribution < 1.29 is 19.4 Å². The second kappa shape index (κ2) is 13.2. The molecule has 1 aliphatic heterocycles. The van der Waals surface area contributed by atoms with E-state index in [0.717, 1.165) is 31.6 Å². The van der Waals surface area contributed by atoms with E-state index in [2.05, 4.69) is 20.8 Å². The summed E-state index contributed by atoms with van der Waals surface area (Å²) in [4.78, 5) is 12.5. The molecule has 202 valence electrons. The summed E-state index contributed by atoms with van der Waals surface area (Å²) >= 11 is 3.20. The number of nitrogens with zero attached hydrogens (tertiary/aromatic N) is 2. The second-order valence-electron chi connectivity index (χ2n) is 9.17. The second-order valence-corrected chi connectivity index (χ2v) is 11.6. The Kier molecular flexibility index (Phi) is 9.23. The number of carbonyl (C=O) groups excluding carboxylic acids is 1. The Morgan fingerprint density at radius 3 is 2.56 bits per heavy atom. The predicted molar refractivity (Wildman–Crippen MR) is 153 cm³/mol. The van der Waals surface area contributed by atoms with E-state index in [1.807, 2.05) is 85.8 Å². The van der Waals surface area contributed by atoms with Gasteiger partial charge in [0.05, 0.1) is 18.8 Å². The van der Waals surface area contributed by atoms with Crippen molar-refractivity contribution >= 4 is 34.8 Å². The van der Waals surface area contributed by atoms with Gasteiger partial charge in [0.2, 0.25) is 0 Å². The van der Waals surface area contributed by atoms with Crippen LogP contribution in [0.1, 0.15) is 46.1 Å². The van der Waals surface area contributed by atoms with Crippen molar-refractivity contribution in [2.24, 2.45) is 0 Å². The molecule has 1 saturated heterocycles. The third kappa shape index (κ3) is 7.65. The van der Waals surface area contributed by atoms with Gasteiger partial charge in [-0.3, -0.25) is 0 Å². The molecule has 39 heavy (non-hydrogen) atoms. The molecule has 0 aliphatic carbocycles. The summed E-state index contributed by atoms with van der Waals surface area (Å²) in [6.07, 6.45) is -0.216. The van der Waals surface area contributed by atoms with Gasteiger partial charge in [-0.1, -0.05) is 89.8 Å². The molecule has 2 amide bonds. The Balaban J connectivity index is 1.28. The van der Waals surface area contributed by atoms with Gasteiger partial charge < -0.3 is 25.2 Å². The smallest absolute Gasteiger partial charge is 0.319 e. The molecule has 3 aromatic carbocycles. The summed E-state index contributed by atoms with van der Waals surface area (Å²) in [7, 11) is 0. The maximum atomic E-state index is 12.5. The number of ether oxygens (including phenoxy) is 2. The summed E-state index contributed by atoms with van der Waals surface area (Å²) in [6, 6.07) is 24.8. The van der Waals surface area contributed by atoms with Gasteiger partial charge in [-0.2, -0.15) is 0 Å². The van der Waals surface area contributed by atoms with Crippen LogP contribution >= 0.6 is 23.1 Å². The highest BCUT2D eigenvalue weighted by Gasteiger charge is 2.32. The van der Waals surface area contributed by atoms with Crippen LogP contribution in [0.2, 0.25) is 0 Å². The van der Waals surface area contributed by atoms with E-state index in [0.29, 0.717) is 24.4 Å². The van der Waals surface area contributed by atoms with E-state index in [9.17, 15) is 9.90 Å². The van der Waals surface area contributed by atoms with Crippen LogP contribution < -0.4 is 10.6 Å². The predicted octanol–water partition coefficient (Wildman–Crippen LogP) is 6.00. The molecule has 3 N–H and O–H groups in total. The summed E-state index contributed by atoms with van der Waals surface area (Å²) in [6.45, 7) is 2.37. The monoisotopic (exact) mass is 562 g/mol. The highest BCUT2D eigenvalue weighted by atomic mass is 32.2. The largest absolute Gasteiger partial charge is 0.392 e. The topological polar surface area (TPSA) is 106 Å². The highest BCUT2D eigenvalue weighted by Crippen LogP contribution is 2.40. The van der Waals surface area contributed by atoms with Crippen molar-refractivity contribution in [2.45, 2.75) is 49.3 Å². The molecule has 1 aromatic heterocycles. The van der Waals surface area contributed by atoms with Crippen molar-refractivity contribution in [1.29, 1.82) is 0 Å². The quantitative estimate of drug-likeness (QED) is 0.215.